The number of allylic oxidation sites excluding steroid dienone is 1. The molecule has 5 rings (SSSR count). The number of hydrogen-bond donors (Lipinski definition) is 3. The van der Waals surface area contributed by atoms with Gasteiger partial charge >= 0.3 is 5.97 Å². The first kappa shape index (κ1) is 25.4. The molecule has 2 aliphatic heterocycles. The van der Waals surface area contributed by atoms with E-state index in [-0.39, 0.29) is 11.3 Å². The number of hydrogen-bond acceptors (Lipinski definition) is 8. The van der Waals surface area contributed by atoms with E-state index in [0.29, 0.717) is 28.5 Å². The van der Waals surface area contributed by atoms with Crippen LogP contribution < -0.4 is 14.8 Å². The summed E-state index contributed by atoms with van der Waals surface area (Å²) in [6.45, 7) is 7.58. The number of methoxy groups -OCH3 is 1. The van der Waals surface area contributed by atoms with Gasteiger partial charge in [-0.2, -0.15) is 0 Å². The van der Waals surface area contributed by atoms with Gasteiger partial charge in [-0.25, -0.2) is 4.79 Å². The van der Waals surface area contributed by atoms with Crippen LogP contribution >= 0.6 is 11.3 Å². The second-order valence-electron chi connectivity index (χ2n) is 9.73. The van der Waals surface area contributed by atoms with E-state index >= 15 is 0 Å². The van der Waals surface area contributed by atoms with Crippen LogP contribution in [-0.2, 0) is 9.63 Å². The summed E-state index contributed by atoms with van der Waals surface area (Å²) in [6, 6.07) is 9.27. The number of aromatic hydroxyl groups is 1. The number of thiophene rings is 1. The SMILES string of the molecule is COc1c(O)ccc2c1-c1ccc3c(c1/C(=C/c1sccc1/C(C)=N/OCC(=O)O)O2)C(C)=CC(C)(C)N3. The number of phenolic OH excluding ortho intramolecular Hbond substituents is 1. The molecule has 1 aromatic heterocycles. The third-order valence-electron chi connectivity index (χ3n) is 6.41. The molecule has 3 heterocycles. The van der Waals surface area contributed by atoms with Crippen molar-refractivity contribution in [1.82, 2.24) is 0 Å². The number of phenols is 1. The molecule has 0 atom stereocenters. The van der Waals surface area contributed by atoms with Gasteiger partial charge in [0.15, 0.2) is 11.5 Å². The van der Waals surface area contributed by atoms with Gasteiger partial charge in [-0.05, 0) is 69.0 Å². The standard InChI is InChI=1S/C29H28N2O6S/c1-15-13-29(3,4)30-19-7-6-18-26(25(15)19)22(37-21-9-8-20(32)28(35-5)27(18)21)12-23-17(10-11-38-23)16(2)31-36-14-24(33)34/h6-13,30,32H,14H2,1-5H3,(H,33,34)/b22-12-,31-16+. The van der Waals surface area contributed by atoms with Crippen molar-refractivity contribution in [1.29, 1.82) is 0 Å². The Morgan fingerprint density at radius 1 is 1.18 bits per heavy atom. The van der Waals surface area contributed by atoms with E-state index in [4.69, 9.17) is 19.4 Å². The minimum atomic E-state index is -1.09. The Morgan fingerprint density at radius 3 is 2.71 bits per heavy atom. The summed E-state index contributed by atoms with van der Waals surface area (Å²) in [6.07, 6.45) is 4.15. The maximum absolute atomic E-state index is 10.8. The molecule has 3 N–H and O–H groups in total. The number of aliphatic carboxylic acids is 1. The molecule has 8 nitrogen and oxygen atoms in total. The minimum absolute atomic E-state index is 0.0335. The van der Waals surface area contributed by atoms with Gasteiger partial charge in [0, 0.05) is 32.8 Å². The quantitative estimate of drug-likeness (QED) is 0.247. The van der Waals surface area contributed by atoms with E-state index in [1.54, 1.807) is 19.1 Å². The smallest absolute Gasteiger partial charge is 0.344 e. The van der Waals surface area contributed by atoms with E-state index in [0.717, 1.165) is 38.4 Å². The van der Waals surface area contributed by atoms with Crippen LogP contribution in [0, 0.1) is 0 Å². The molecule has 0 amide bonds. The maximum atomic E-state index is 10.8. The van der Waals surface area contributed by atoms with E-state index in [1.165, 1.54) is 18.4 Å². The summed E-state index contributed by atoms with van der Waals surface area (Å²) >= 11 is 1.51. The first-order valence-corrected chi connectivity index (χ1v) is 12.9. The molecule has 9 heteroatoms. The number of carbonyl (C=O) groups is 1. The molecule has 2 aromatic carbocycles. The predicted octanol–water partition coefficient (Wildman–Crippen LogP) is 6.45. The lowest BCUT2D eigenvalue weighted by Gasteiger charge is -2.35. The van der Waals surface area contributed by atoms with E-state index in [9.17, 15) is 9.90 Å². The van der Waals surface area contributed by atoms with E-state index in [2.05, 4.69) is 43.4 Å². The van der Waals surface area contributed by atoms with E-state index < -0.39 is 12.6 Å². The summed E-state index contributed by atoms with van der Waals surface area (Å²) < 4.78 is 12.1. The molecular formula is C29H28N2O6S. The normalized spacial score (nSPS) is 16.4. The number of rotatable bonds is 6. The molecule has 0 saturated carbocycles. The lowest BCUT2D eigenvalue weighted by molar-refractivity contribution is -0.142. The van der Waals surface area contributed by atoms with Gasteiger partial charge < -0.3 is 29.8 Å². The summed E-state index contributed by atoms with van der Waals surface area (Å²) in [5, 5.41) is 28.9. The minimum Gasteiger partial charge on any atom is -0.504 e. The third kappa shape index (κ3) is 4.50. The maximum Gasteiger partial charge on any atom is 0.344 e. The van der Waals surface area contributed by atoms with Crippen molar-refractivity contribution in [2.45, 2.75) is 33.2 Å². The third-order valence-corrected chi connectivity index (χ3v) is 7.27. The monoisotopic (exact) mass is 532 g/mol. The topological polar surface area (TPSA) is 110 Å². The number of oxime groups is 1. The molecule has 0 aliphatic carbocycles. The highest BCUT2D eigenvalue weighted by atomic mass is 32.1. The average molecular weight is 533 g/mol. The predicted molar refractivity (Wildman–Crippen MR) is 150 cm³/mol. The molecule has 0 bridgehead atoms. The van der Waals surface area contributed by atoms with Crippen LogP contribution in [0.3, 0.4) is 0 Å². The van der Waals surface area contributed by atoms with Gasteiger partial charge in [-0.1, -0.05) is 17.3 Å². The molecule has 196 valence electrons. The molecule has 0 fully saturated rings. The Bertz CT molecular complexity index is 1550. The van der Waals surface area contributed by atoms with Crippen LogP contribution in [0.5, 0.6) is 17.2 Å². The number of carboxylic acids is 1. The van der Waals surface area contributed by atoms with E-state index in [1.807, 2.05) is 23.6 Å². The number of benzene rings is 2. The zero-order chi connectivity index (χ0) is 27.2. The van der Waals surface area contributed by atoms with Crippen molar-refractivity contribution in [3.8, 4) is 28.4 Å². The van der Waals surface area contributed by atoms with Crippen LogP contribution in [-0.4, -0.2) is 41.1 Å². The van der Waals surface area contributed by atoms with Gasteiger partial charge in [0.1, 0.15) is 11.5 Å². The van der Waals surface area contributed by atoms with Crippen molar-refractivity contribution >= 4 is 46.1 Å². The highest BCUT2D eigenvalue weighted by Gasteiger charge is 2.33. The van der Waals surface area contributed by atoms with Gasteiger partial charge in [-0.3, -0.25) is 0 Å². The molecule has 0 unspecified atom stereocenters. The fraction of sp³-hybridized carbons (Fsp3) is 0.241. The Labute approximate surface area is 224 Å². The largest absolute Gasteiger partial charge is 0.504 e. The first-order valence-electron chi connectivity index (χ1n) is 12.0. The van der Waals surface area contributed by atoms with Crippen molar-refractivity contribution in [3.63, 3.8) is 0 Å². The fourth-order valence-electron chi connectivity index (χ4n) is 5.03. The highest BCUT2D eigenvalue weighted by molar-refractivity contribution is 7.11. The number of nitrogens with one attached hydrogen (secondary N) is 1. The second kappa shape index (κ2) is 9.57. The molecule has 0 radical (unpaired) electrons. The highest BCUT2D eigenvalue weighted by Crippen LogP contribution is 2.54. The summed E-state index contributed by atoms with van der Waals surface area (Å²) in [5.74, 6) is 0.494. The van der Waals surface area contributed by atoms with Crippen LogP contribution in [0.1, 0.15) is 49.3 Å². The van der Waals surface area contributed by atoms with Gasteiger partial charge in [0.2, 0.25) is 6.61 Å². The summed E-state index contributed by atoms with van der Waals surface area (Å²) in [5.41, 5.74) is 6.69. The molecule has 0 spiro atoms. The van der Waals surface area contributed by atoms with Crippen molar-refractivity contribution in [2.75, 3.05) is 19.0 Å². The lowest BCUT2D eigenvalue weighted by atomic mass is 9.83. The van der Waals surface area contributed by atoms with Gasteiger partial charge in [0.25, 0.3) is 0 Å². The Kier molecular flexibility index (Phi) is 6.40. The van der Waals surface area contributed by atoms with Crippen LogP contribution in [0.25, 0.3) is 28.5 Å². The average Bonchev–Trinajstić information content (AvgIpc) is 3.31. The van der Waals surface area contributed by atoms with Crippen LogP contribution in [0.4, 0.5) is 5.69 Å². The second-order valence-corrected chi connectivity index (χ2v) is 10.7. The molecular weight excluding hydrogens is 504 g/mol. The van der Waals surface area contributed by atoms with Gasteiger partial charge in [-0.15, -0.1) is 11.3 Å². The van der Waals surface area contributed by atoms with Crippen LogP contribution in [0.15, 0.2) is 46.9 Å². The van der Waals surface area contributed by atoms with Crippen molar-refractivity contribution in [2.24, 2.45) is 5.16 Å². The lowest BCUT2D eigenvalue weighted by Crippen LogP contribution is -2.32. The van der Waals surface area contributed by atoms with Crippen molar-refractivity contribution < 1.29 is 29.3 Å². The fourth-order valence-corrected chi connectivity index (χ4v) is 5.90. The Morgan fingerprint density at radius 2 is 1.97 bits per heavy atom. The zero-order valence-corrected chi connectivity index (χ0v) is 22.5. The molecule has 3 aromatic rings. The molecule has 2 aliphatic rings. The van der Waals surface area contributed by atoms with Crippen LogP contribution in [0.2, 0.25) is 0 Å². The molecule has 0 saturated heterocycles. The number of nitrogens with zero attached hydrogens (tertiary/aromatic N) is 1. The van der Waals surface area contributed by atoms with Crippen molar-refractivity contribution in [3.05, 3.63) is 63.4 Å². The first-order chi connectivity index (χ1) is 18.1. The Balaban J connectivity index is 1.72. The van der Waals surface area contributed by atoms with Gasteiger partial charge in [0.05, 0.1) is 23.9 Å². The summed E-state index contributed by atoms with van der Waals surface area (Å²) in [7, 11) is 1.53. The number of anilines is 1. The zero-order valence-electron chi connectivity index (χ0n) is 21.7. The number of carboxylic acid groups (broad SMARTS) is 1. The number of fused-ring (bicyclic) bond motifs is 5. The molecule has 38 heavy (non-hydrogen) atoms. The number of ether oxygens (including phenoxy) is 2. The summed E-state index contributed by atoms with van der Waals surface area (Å²) in [4.78, 5) is 16.7. The Hall–Kier alpha value is -4.24.